The second kappa shape index (κ2) is 17.9. The van der Waals surface area contributed by atoms with Crippen LogP contribution >= 0.6 is 0 Å². The van der Waals surface area contributed by atoms with Crippen LogP contribution in [0.25, 0.3) is 33.4 Å². The molecule has 2 aromatic heterocycles. The summed E-state index contributed by atoms with van der Waals surface area (Å²) in [4.78, 5) is 80.8. The van der Waals surface area contributed by atoms with Gasteiger partial charge in [0.1, 0.15) is 29.6 Å². The fourth-order valence-electron chi connectivity index (χ4n) is 8.44. The van der Waals surface area contributed by atoms with E-state index in [1.54, 1.807) is 85.3 Å². The molecule has 6 N–H and O–H groups in total. The van der Waals surface area contributed by atoms with Gasteiger partial charge in [-0.05, 0) is 93.0 Å². The number of carboxylic acid groups (broad SMARTS) is 1. The molecule has 5 amide bonds. The van der Waals surface area contributed by atoms with Crippen LogP contribution in [0.1, 0.15) is 81.5 Å². The van der Waals surface area contributed by atoms with E-state index >= 15 is 0 Å². The smallest absolute Gasteiger partial charge is 0.408 e. The first-order valence-corrected chi connectivity index (χ1v) is 21.1. The normalized spacial score (nSPS) is 17.3. The Hall–Kier alpha value is -7.42. The van der Waals surface area contributed by atoms with Crippen molar-refractivity contribution in [2.75, 3.05) is 18.4 Å². The number of hydrogen-bond donors (Lipinski definition) is 6. The molecule has 6 aromatic rings. The van der Waals surface area contributed by atoms with E-state index in [2.05, 4.69) is 30.9 Å². The van der Waals surface area contributed by atoms with Gasteiger partial charge in [0.2, 0.25) is 5.91 Å². The maximum atomic E-state index is 14.0. The molecule has 0 aliphatic carbocycles. The number of ether oxygens (including phenoxy) is 1. The molecule has 4 atom stereocenters. The Labute approximate surface area is 364 Å². The fraction of sp³-hybridized carbons (Fsp3) is 0.292. The Balaban J connectivity index is 0.928. The number of benzene rings is 4. The highest BCUT2D eigenvalue weighted by atomic mass is 16.6. The number of aromatic amines is 2. The summed E-state index contributed by atoms with van der Waals surface area (Å²) in [5, 5.41) is 18.5. The number of anilines is 1. The van der Waals surface area contributed by atoms with Crippen molar-refractivity contribution < 1.29 is 33.8 Å². The molecule has 63 heavy (non-hydrogen) atoms. The summed E-state index contributed by atoms with van der Waals surface area (Å²) in [5.74, 6) is -0.376. The molecule has 0 bridgehead atoms. The van der Waals surface area contributed by atoms with Crippen molar-refractivity contribution in [3.05, 3.63) is 132 Å². The highest BCUT2D eigenvalue weighted by Gasteiger charge is 2.39. The molecule has 4 heterocycles. The van der Waals surface area contributed by atoms with E-state index in [1.807, 2.05) is 60.7 Å². The molecule has 15 heteroatoms. The van der Waals surface area contributed by atoms with Gasteiger partial charge in [0, 0.05) is 35.4 Å². The standard InChI is InChI=1S/C48H50N8O7/c1-48(2,3)63-47(62)54-41(32-14-8-5-9-15-32)45(59)56-25-11-17-39(56)43(57)50-34-22-23-35-33(26-34)27-36(51-35)29-18-20-30(21-19-29)37-28-49-42(52-37)38-16-10-24-55(38)44(58)40(53-46(60)61)31-12-6-4-7-13-31/h4-9,12-15,18-23,26-28,38-41,51,53H,10-11,16-17,24-25H2,1-3H3,(H,49,52)(H,50,57)(H,54,62)(H,60,61)/t38-,39-,40+,41+/m0/s1. The maximum absolute atomic E-state index is 14.0. The molecule has 2 aliphatic rings. The van der Waals surface area contributed by atoms with Gasteiger partial charge in [-0.3, -0.25) is 14.4 Å². The zero-order valence-electron chi connectivity index (χ0n) is 35.3. The number of nitrogens with zero attached hydrogens (tertiary/aromatic N) is 3. The highest BCUT2D eigenvalue weighted by Crippen LogP contribution is 2.35. The largest absolute Gasteiger partial charge is 0.465 e. The second-order valence-electron chi connectivity index (χ2n) is 16.9. The van der Waals surface area contributed by atoms with Gasteiger partial charge in [0.15, 0.2) is 0 Å². The fourth-order valence-corrected chi connectivity index (χ4v) is 8.44. The van der Waals surface area contributed by atoms with E-state index in [-0.39, 0.29) is 23.8 Å². The van der Waals surface area contributed by atoms with Crippen LogP contribution in [0, 0.1) is 0 Å². The minimum Gasteiger partial charge on any atom is -0.465 e. The van der Waals surface area contributed by atoms with E-state index in [9.17, 15) is 29.1 Å². The Morgan fingerprint density at radius 3 is 1.98 bits per heavy atom. The maximum Gasteiger partial charge on any atom is 0.408 e. The zero-order valence-corrected chi connectivity index (χ0v) is 35.3. The summed E-state index contributed by atoms with van der Waals surface area (Å²) < 4.78 is 5.46. The summed E-state index contributed by atoms with van der Waals surface area (Å²) in [5.41, 5.74) is 5.39. The van der Waals surface area contributed by atoms with Crippen LogP contribution in [0.3, 0.4) is 0 Å². The monoisotopic (exact) mass is 850 g/mol. The number of carbonyl (C=O) groups excluding carboxylic acids is 4. The number of nitrogens with one attached hydrogen (secondary N) is 5. The van der Waals surface area contributed by atoms with Gasteiger partial charge >= 0.3 is 12.2 Å². The van der Waals surface area contributed by atoms with Gasteiger partial charge < -0.3 is 45.6 Å². The SMILES string of the molecule is CC(C)(C)OC(=O)N[C@@H](C(=O)N1CCC[C@H]1C(=O)Nc1ccc2[nH]c(-c3ccc(-c4cnc([C@@H]5CCCN5C(=O)[C@H](NC(=O)O)c5ccccc5)[nH]4)cc3)cc2c1)c1ccccc1. The molecule has 4 aromatic carbocycles. The number of aromatic nitrogens is 3. The Bertz CT molecular complexity index is 2620. The van der Waals surface area contributed by atoms with Crippen LogP contribution in [0.2, 0.25) is 0 Å². The first-order valence-electron chi connectivity index (χ1n) is 21.1. The van der Waals surface area contributed by atoms with Crippen LogP contribution < -0.4 is 16.0 Å². The first kappa shape index (κ1) is 42.3. The van der Waals surface area contributed by atoms with Crippen molar-refractivity contribution in [3.63, 3.8) is 0 Å². The van der Waals surface area contributed by atoms with E-state index < -0.39 is 35.9 Å². The molecule has 0 saturated carbocycles. The van der Waals surface area contributed by atoms with Gasteiger partial charge in [-0.2, -0.15) is 0 Å². The molecule has 15 nitrogen and oxygen atoms in total. The van der Waals surface area contributed by atoms with Crippen molar-refractivity contribution in [3.8, 4) is 22.5 Å². The highest BCUT2D eigenvalue weighted by molar-refractivity contribution is 6.00. The van der Waals surface area contributed by atoms with Crippen LogP contribution in [0.5, 0.6) is 0 Å². The molecule has 324 valence electrons. The van der Waals surface area contributed by atoms with Crippen LogP contribution in [-0.2, 0) is 19.1 Å². The van der Waals surface area contributed by atoms with Crippen LogP contribution in [0.15, 0.2) is 115 Å². The number of H-pyrrole nitrogens is 2. The van der Waals surface area contributed by atoms with E-state index in [0.29, 0.717) is 55.0 Å². The topological polar surface area (TPSA) is 202 Å². The number of hydrogen-bond acceptors (Lipinski definition) is 7. The predicted octanol–water partition coefficient (Wildman–Crippen LogP) is 8.09. The van der Waals surface area contributed by atoms with Gasteiger partial charge in [-0.15, -0.1) is 0 Å². The van der Waals surface area contributed by atoms with Crippen molar-refractivity contribution >= 4 is 46.5 Å². The van der Waals surface area contributed by atoms with Gasteiger partial charge in [0.25, 0.3) is 11.8 Å². The number of fused-ring (bicyclic) bond motifs is 1. The third-order valence-electron chi connectivity index (χ3n) is 11.4. The summed E-state index contributed by atoms with van der Waals surface area (Å²) >= 11 is 0. The minimum absolute atomic E-state index is 0.309. The van der Waals surface area contributed by atoms with E-state index in [0.717, 1.165) is 39.8 Å². The summed E-state index contributed by atoms with van der Waals surface area (Å²) in [6, 6.07) is 30.3. The van der Waals surface area contributed by atoms with Gasteiger partial charge in [0.05, 0.1) is 17.9 Å². The van der Waals surface area contributed by atoms with Crippen molar-refractivity contribution in [2.24, 2.45) is 0 Å². The third kappa shape index (κ3) is 9.57. The number of rotatable bonds is 11. The van der Waals surface area contributed by atoms with Gasteiger partial charge in [-0.25, -0.2) is 14.6 Å². The van der Waals surface area contributed by atoms with Crippen LogP contribution in [-0.4, -0.2) is 84.5 Å². The number of alkyl carbamates (subject to hydrolysis) is 1. The molecule has 0 spiro atoms. The molecular formula is C48H50N8O7. The average Bonchev–Trinajstić information content (AvgIpc) is 4.11. The Morgan fingerprint density at radius 2 is 1.33 bits per heavy atom. The number of likely N-dealkylation sites (tertiary alicyclic amines) is 2. The second-order valence-corrected chi connectivity index (χ2v) is 16.9. The molecule has 8 rings (SSSR count). The predicted molar refractivity (Wildman–Crippen MR) is 237 cm³/mol. The Morgan fingerprint density at radius 1 is 0.730 bits per heavy atom. The van der Waals surface area contributed by atoms with E-state index in [4.69, 9.17) is 4.74 Å². The van der Waals surface area contributed by atoms with Gasteiger partial charge in [-0.1, -0.05) is 84.9 Å². The summed E-state index contributed by atoms with van der Waals surface area (Å²) in [6.45, 7) is 6.12. The van der Waals surface area contributed by atoms with Crippen LogP contribution in [0.4, 0.5) is 15.3 Å². The Kier molecular flexibility index (Phi) is 12.0. The minimum atomic E-state index is -1.27. The number of amides is 5. The lowest BCUT2D eigenvalue weighted by Crippen LogP contribution is -2.49. The quantitative estimate of drug-likeness (QED) is 0.0751. The third-order valence-corrected chi connectivity index (χ3v) is 11.4. The number of imidazole rings is 1. The average molecular weight is 851 g/mol. The molecule has 0 radical (unpaired) electrons. The van der Waals surface area contributed by atoms with Crippen molar-refractivity contribution in [2.45, 2.75) is 76.2 Å². The molecule has 0 unspecified atom stereocenters. The van der Waals surface area contributed by atoms with E-state index in [1.165, 1.54) is 0 Å². The lowest BCUT2D eigenvalue weighted by Gasteiger charge is -2.29. The first-order chi connectivity index (χ1) is 30.3. The molecule has 2 fully saturated rings. The lowest BCUT2D eigenvalue weighted by molar-refractivity contribution is -0.138. The lowest BCUT2D eigenvalue weighted by atomic mass is 10.0. The number of carbonyl (C=O) groups is 5. The van der Waals surface area contributed by atoms with Crippen molar-refractivity contribution in [1.82, 2.24) is 35.4 Å². The summed E-state index contributed by atoms with van der Waals surface area (Å²) in [6.07, 6.45) is 2.34. The van der Waals surface area contributed by atoms with Crippen molar-refractivity contribution in [1.29, 1.82) is 0 Å². The zero-order chi connectivity index (χ0) is 44.3. The molecule has 2 aliphatic heterocycles. The molecule has 2 saturated heterocycles. The molecular weight excluding hydrogens is 801 g/mol. The summed E-state index contributed by atoms with van der Waals surface area (Å²) in [7, 11) is 0.